The maximum Gasteiger partial charge on any atom is 0.306 e. The molecule has 4 heteroatoms. The second-order valence-corrected chi connectivity index (χ2v) is 4.88. The second-order valence-electron chi connectivity index (χ2n) is 4.88. The smallest absolute Gasteiger partial charge is 0.306 e. The number of hydrogen-bond donors (Lipinski definition) is 0. The summed E-state index contributed by atoms with van der Waals surface area (Å²) < 4.78 is 10.5. The Labute approximate surface area is 119 Å². The van der Waals surface area contributed by atoms with Crippen molar-refractivity contribution in [3.05, 3.63) is 29.3 Å². The van der Waals surface area contributed by atoms with Gasteiger partial charge in [-0.15, -0.1) is 0 Å². The molecule has 1 heterocycles. The Hall–Kier alpha value is -1.84. The third kappa shape index (κ3) is 3.83. The minimum Gasteiger partial charge on any atom is -0.493 e. The Morgan fingerprint density at radius 3 is 2.95 bits per heavy atom. The zero-order valence-electron chi connectivity index (χ0n) is 11.8. The highest BCUT2D eigenvalue weighted by atomic mass is 16.5. The van der Waals surface area contributed by atoms with Gasteiger partial charge >= 0.3 is 5.97 Å². The molecule has 108 valence electrons. The summed E-state index contributed by atoms with van der Waals surface area (Å²) >= 11 is 0. The first-order valence-corrected chi connectivity index (χ1v) is 7.11. The van der Waals surface area contributed by atoms with Crippen molar-refractivity contribution in [2.75, 3.05) is 13.2 Å². The van der Waals surface area contributed by atoms with Crippen LogP contribution >= 0.6 is 0 Å². The monoisotopic (exact) mass is 276 g/mol. The second kappa shape index (κ2) is 7.08. The quantitative estimate of drug-likeness (QED) is 0.749. The van der Waals surface area contributed by atoms with Gasteiger partial charge in [-0.3, -0.25) is 9.59 Å². The predicted molar refractivity (Wildman–Crippen MR) is 74.8 cm³/mol. The number of hydrogen-bond acceptors (Lipinski definition) is 4. The summed E-state index contributed by atoms with van der Waals surface area (Å²) in [6.45, 7) is 2.82. The summed E-state index contributed by atoms with van der Waals surface area (Å²) in [7, 11) is 0. The standard InChI is InChI=1S/C16H20O4/c1-2-19-15(18)9-8-14(17)11-13-6-3-5-12-7-4-10-20-16(12)13/h3,5-6H,2,4,7-11H2,1H3. The zero-order chi connectivity index (χ0) is 14.4. The van der Waals surface area contributed by atoms with Gasteiger partial charge in [-0.1, -0.05) is 18.2 Å². The molecule has 0 unspecified atom stereocenters. The molecule has 0 saturated carbocycles. The lowest BCUT2D eigenvalue weighted by Gasteiger charge is -2.20. The number of benzene rings is 1. The molecule has 1 aromatic rings. The first kappa shape index (κ1) is 14.6. The first-order chi connectivity index (χ1) is 9.70. The minimum absolute atomic E-state index is 0.0422. The van der Waals surface area contributed by atoms with Crippen LogP contribution in [0.15, 0.2) is 18.2 Å². The van der Waals surface area contributed by atoms with E-state index in [2.05, 4.69) is 0 Å². The zero-order valence-corrected chi connectivity index (χ0v) is 11.8. The van der Waals surface area contributed by atoms with Crippen LogP contribution in [-0.2, 0) is 27.2 Å². The Bertz CT molecular complexity index is 493. The van der Waals surface area contributed by atoms with Gasteiger partial charge in [-0.2, -0.15) is 0 Å². The van der Waals surface area contributed by atoms with E-state index in [4.69, 9.17) is 9.47 Å². The summed E-state index contributed by atoms with van der Waals surface area (Å²) in [5, 5.41) is 0. The minimum atomic E-state index is -0.313. The number of carbonyl (C=O) groups is 2. The Morgan fingerprint density at radius 2 is 2.15 bits per heavy atom. The van der Waals surface area contributed by atoms with Gasteiger partial charge in [0.05, 0.1) is 19.6 Å². The third-order valence-electron chi connectivity index (χ3n) is 3.32. The fourth-order valence-corrected chi connectivity index (χ4v) is 2.37. The highest BCUT2D eigenvalue weighted by molar-refractivity contribution is 5.85. The van der Waals surface area contributed by atoms with Crippen molar-refractivity contribution < 1.29 is 19.1 Å². The number of rotatable bonds is 6. The van der Waals surface area contributed by atoms with Crippen molar-refractivity contribution in [1.82, 2.24) is 0 Å². The summed E-state index contributed by atoms with van der Waals surface area (Å²) in [6, 6.07) is 5.93. The van der Waals surface area contributed by atoms with Crippen LogP contribution < -0.4 is 4.74 Å². The first-order valence-electron chi connectivity index (χ1n) is 7.11. The fourth-order valence-electron chi connectivity index (χ4n) is 2.37. The van der Waals surface area contributed by atoms with E-state index >= 15 is 0 Å². The molecule has 2 rings (SSSR count). The summed E-state index contributed by atoms with van der Waals surface area (Å²) in [4.78, 5) is 23.2. The predicted octanol–water partition coefficient (Wildman–Crippen LogP) is 2.47. The van der Waals surface area contributed by atoms with E-state index in [-0.39, 0.29) is 24.6 Å². The Balaban J connectivity index is 1.93. The normalized spacial score (nSPS) is 13.2. The van der Waals surface area contributed by atoms with Crippen LogP contribution in [0, 0.1) is 0 Å². The van der Waals surface area contributed by atoms with E-state index in [1.807, 2.05) is 18.2 Å². The topological polar surface area (TPSA) is 52.6 Å². The average molecular weight is 276 g/mol. The molecule has 1 aliphatic heterocycles. The van der Waals surface area contributed by atoms with Crippen molar-refractivity contribution in [1.29, 1.82) is 0 Å². The van der Waals surface area contributed by atoms with Crippen LogP contribution in [0.25, 0.3) is 0 Å². The van der Waals surface area contributed by atoms with E-state index < -0.39 is 0 Å². The molecule has 0 fully saturated rings. The molecule has 0 radical (unpaired) electrons. The van der Waals surface area contributed by atoms with E-state index in [0.29, 0.717) is 19.6 Å². The summed E-state index contributed by atoms with van der Waals surface area (Å²) in [6.07, 6.45) is 2.72. The van der Waals surface area contributed by atoms with Crippen LogP contribution in [0.1, 0.15) is 37.3 Å². The third-order valence-corrected chi connectivity index (χ3v) is 3.32. The highest BCUT2D eigenvalue weighted by Crippen LogP contribution is 2.29. The van der Waals surface area contributed by atoms with Crippen LogP contribution in [-0.4, -0.2) is 25.0 Å². The van der Waals surface area contributed by atoms with E-state index in [1.165, 1.54) is 5.56 Å². The van der Waals surface area contributed by atoms with Crippen molar-refractivity contribution in [2.24, 2.45) is 0 Å². The molecular formula is C16H20O4. The highest BCUT2D eigenvalue weighted by Gasteiger charge is 2.16. The van der Waals surface area contributed by atoms with E-state index in [0.717, 1.165) is 24.2 Å². The molecule has 20 heavy (non-hydrogen) atoms. The number of aryl methyl sites for hydroxylation is 1. The van der Waals surface area contributed by atoms with E-state index in [9.17, 15) is 9.59 Å². The van der Waals surface area contributed by atoms with E-state index in [1.54, 1.807) is 6.92 Å². The van der Waals surface area contributed by atoms with Crippen molar-refractivity contribution in [2.45, 2.75) is 39.0 Å². The van der Waals surface area contributed by atoms with Crippen LogP contribution in [0.3, 0.4) is 0 Å². The van der Waals surface area contributed by atoms with Crippen molar-refractivity contribution in [3.8, 4) is 5.75 Å². The molecule has 0 bridgehead atoms. The molecular weight excluding hydrogens is 256 g/mol. The molecule has 4 nitrogen and oxygen atoms in total. The molecule has 0 aromatic heterocycles. The molecule has 1 aliphatic rings. The molecule has 0 atom stereocenters. The van der Waals surface area contributed by atoms with Gasteiger partial charge in [0, 0.05) is 18.4 Å². The lowest BCUT2D eigenvalue weighted by molar-refractivity contribution is -0.144. The molecule has 0 aliphatic carbocycles. The van der Waals surface area contributed by atoms with Crippen molar-refractivity contribution >= 4 is 11.8 Å². The number of fused-ring (bicyclic) bond motifs is 1. The number of para-hydroxylation sites is 1. The molecule has 1 aromatic carbocycles. The van der Waals surface area contributed by atoms with Crippen LogP contribution in [0.5, 0.6) is 5.75 Å². The molecule has 0 saturated heterocycles. The Kier molecular flexibility index (Phi) is 5.16. The molecule has 0 spiro atoms. The SMILES string of the molecule is CCOC(=O)CCC(=O)Cc1cccc2c1OCCC2. The fraction of sp³-hybridized carbons (Fsp3) is 0.500. The molecule has 0 amide bonds. The van der Waals surface area contributed by atoms with Crippen LogP contribution in [0.2, 0.25) is 0 Å². The average Bonchev–Trinajstić information content (AvgIpc) is 2.46. The summed E-state index contributed by atoms with van der Waals surface area (Å²) in [5.41, 5.74) is 2.10. The molecule has 0 N–H and O–H groups in total. The number of carbonyl (C=O) groups excluding carboxylic acids is 2. The maximum atomic E-state index is 11.9. The number of esters is 1. The largest absolute Gasteiger partial charge is 0.493 e. The summed E-state index contributed by atoms with van der Waals surface area (Å²) in [5.74, 6) is 0.594. The number of ketones is 1. The van der Waals surface area contributed by atoms with Gasteiger partial charge in [0.15, 0.2) is 0 Å². The van der Waals surface area contributed by atoms with Gasteiger partial charge < -0.3 is 9.47 Å². The lowest BCUT2D eigenvalue weighted by Crippen LogP contribution is -2.13. The maximum absolute atomic E-state index is 11.9. The number of ether oxygens (including phenoxy) is 2. The van der Waals surface area contributed by atoms with Gasteiger partial charge in [0.2, 0.25) is 0 Å². The number of Topliss-reactive ketones (excluding diaryl/α,β-unsaturated/α-hetero) is 1. The van der Waals surface area contributed by atoms with Gasteiger partial charge in [0.25, 0.3) is 0 Å². The van der Waals surface area contributed by atoms with Gasteiger partial charge in [0.1, 0.15) is 11.5 Å². The van der Waals surface area contributed by atoms with Crippen LogP contribution in [0.4, 0.5) is 0 Å². The lowest BCUT2D eigenvalue weighted by atomic mass is 9.98. The van der Waals surface area contributed by atoms with Gasteiger partial charge in [-0.25, -0.2) is 0 Å². The van der Waals surface area contributed by atoms with Crippen molar-refractivity contribution in [3.63, 3.8) is 0 Å². The van der Waals surface area contributed by atoms with Gasteiger partial charge in [-0.05, 0) is 25.3 Å². The Morgan fingerprint density at radius 1 is 1.30 bits per heavy atom.